The Bertz CT molecular complexity index is 813. The summed E-state index contributed by atoms with van der Waals surface area (Å²) in [7, 11) is 0. The first-order chi connectivity index (χ1) is 12.5. The summed E-state index contributed by atoms with van der Waals surface area (Å²) in [6, 6.07) is 20.9. The molecule has 2 aromatic rings. The van der Waals surface area contributed by atoms with Crippen molar-refractivity contribution in [2.45, 2.75) is 59.1 Å². The van der Waals surface area contributed by atoms with Gasteiger partial charge in [-0.1, -0.05) is 63.2 Å². The number of hydrogen-bond acceptors (Lipinski definition) is 2. The van der Waals surface area contributed by atoms with Gasteiger partial charge < -0.3 is 4.74 Å². The lowest BCUT2D eigenvalue weighted by molar-refractivity contribution is 0.0341. The summed E-state index contributed by atoms with van der Waals surface area (Å²) in [5.41, 5.74) is 2.65. The van der Waals surface area contributed by atoms with Crippen molar-refractivity contribution in [3.63, 3.8) is 0 Å². The topological polar surface area (TPSA) is 29.5 Å². The van der Waals surface area contributed by atoms with Gasteiger partial charge >= 0.3 is 6.09 Å². The van der Waals surface area contributed by atoms with E-state index in [0.29, 0.717) is 6.54 Å². The Labute approximate surface area is 163 Å². The predicted octanol–water partition coefficient (Wildman–Crippen LogP) is 5.73. The van der Waals surface area contributed by atoms with Gasteiger partial charge in [0.05, 0.1) is 6.54 Å². The zero-order chi connectivity index (χ0) is 20.1. The van der Waals surface area contributed by atoms with Crippen molar-refractivity contribution < 1.29 is 9.53 Å². The molecule has 2 aromatic carbocycles. The highest BCUT2D eigenvalue weighted by Gasteiger charge is 2.21. The fourth-order valence-electron chi connectivity index (χ4n) is 2.42. The van der Waals surface area contributed by atoms with Crippen LogP contribution in [0.15, 0.2) is 54.6 Å². The van der Waals surface area contributed by atoms with Gasteiger partial charge in [-0.15, -0.1) is 0 Å². The molecule has 0 fully saturated rings. The van der Waals surface area contributed by atoms with Crippen LogP contribution >= 0.6 is 0 Å². The lowest BCUT2D eigenvalue weighted by Crippen LogP contribution is -2.33. The van der Waals surface area contributed by atoms with Crippen molar-refractivity contribution in [2.24, 2.45) is 0 Å². The largest absolute Gasteiger partial charge is 0.443 e. The number of carbonyl (C=O) groups excluding carboxylic acids is 1. The summed E-state index contributed by atoms with van der Waals surface area (Å²) in [6.45, 7) is 12.5. The standard InChI is InChI=1S/C24H29NO2/c1-23(2,3)21-14-12-19(13-15-21)16-17-25(22(26)27-24(4,5)6)18-20-10-8-7-9-11-20/h7-15H,18H2,1-6H3. The third-order valence-electron chi connectivity index (χ3n) is 3.88. The second kappa shape index (κ2) is 8.31. The maximum absolute atomic E-state index is 12.6. The van der Waals surface area contributed by atoms with E-state index < -0.39 is 11.7 Å². The molecule has 0 aromatic heterocycles. The van der Waals surface area contributed by atoms with Crippen LogP contribution in [0.4, 0.5) is 4.79 Å². The molecule has 0 saturated carbocycles. The molecule has 0 N–H and O–H groups in total. The van der Waals surface area contributed by atoms with Crippen molar-refractivity contribution in [3.8, 4) is 12.0 Å². The fraction of sp³-hybridized carbons (Fsp3) is 0.375. The first-order valence-corrected chi connectivity index (χ1v) is 9.21. The Hall–Kier alpha value is -2.73. The van der Waals surface area contributed by atoms with Gasteiger partial charge in [-0.2, -0.15) is 0 Å². The average Bonchev–Trinajstić information content (AvgIpc) is 2.57. The van der Waals surface area contributed by atoms with Gasteiger partial charge in [0.15, 0.2) is 0 Å². The normalized spacial score (nSPS) is 11.3. The number of amides is 1. The van der Waals surface area contributed by atoms with Crippen LogP contribution in [0.3, 0.4) is 0 Å². The van der Waals surface area contributed by atoms with Crippen molar-refractivity contribution in [1.82, 2.24) is 4.90 Å². The van der Waals surface area contributed by atoms with Crippen LogP contribution in [0.25, 0.3) is 0 Å². The van der Waals surface area contributed by atoms with Crippen LogP contribution in [0, 0.1) is 12.0 Å². The molecule has 3 nitrogen and oxygen atoms in total. The monoisotopic (exact) mass is 363 g/mol. The van der Waals surface area contributed by atoms with E-state index in [4.69, 9.17) is 4.74 Å². The number of nitrogens with zero attached hydrogens (tertiary/aromatic N) is 1. The molecule has 1 amide bonds. The smallest absolute Gasteiger partial charge is 0.422 e. The van der Waals surface area contributed by atoms with E-state index in [-0.39, 0.29) is 5.41 Å². The highest BCUT2D eigenvalue weighted by molar-refractivity contribution is 5.70. The van der Waals surface area contributed by atoms with Gasteiger partial charge in [0.2, 0.25) is 0 Å². The fourth-order valence-corrected chi connectivity index (χ4v) is 2.42. The quantitative estimate of drug-likeness (QED) is 0.504. The third-order valence-corrected chi connectivity index (χ3v) is 3.88. The van der Waals surface area contributed by atoms with Crippen molar-refractivity contribution in [3.05, 3.63) is 71.3 Å². The molecule has 0 radical (unpaired) electrons. The van der Waals surface area contributed by atoms with Crippen molar-refractivity contribution in [2.75, 3.05) is 0 Å². The summed E-state index contributed by atoms with van der Waals surface area (Å²) in [5.74, 6) is 3.09. The van der Waals surface area contributed by atoms with Gasteiger partial charge in [0, 0.05) is 11.6 Å². The van der Waals surface area contributed by atoms with Gasteiger partial charge in [-0.25, -0.2) is 9.69 Å². The molecule has 0 spiro atoms. The van der Waals surface area contributed by atoms with Crippen LogP contribution < -0.4 is 0 Å². The summed E-state index contributed by atoms with van der Waals surface area (Å²) in [6.07, 6.45) is -0.440. The first-order valence-electron chi connectivity index (χ1n) is 9.21. The molecule has 0 unspecified atom stereocenters. The van der Waals surface area contributed by atoms with E-state index in [1.54, 1.807) is 0 Å². The zero-order valence-electron chi connectivity index (χ0n) is 17.2. The third kappa shape index (κ3) is 6.83. The Kier molecular flexibility index (Phi) is 6.33. The summed E-state index contributed by atoms with van der Waals surface area (Å²) in [5, 5.41) is 0. The maximum atomic E-state index is 12.6. The zero-order valence-corrected chi connectivity index (χ0v) is 17.2. The highest BCUT2D eigenvalue weighted by atomic mass is 16.6. The molecule has 0 atom stereocenters. The SMILES string of the molecule is CC(C)(C)OC(=O)N(C#Cc1ccc(C(C)(C)C)cc1)Cc1ccccc1. The highest BCUT2D eigenvalue weighted by Crippen LogP contribution is 2.22. The maximum Gasteiger partial charge on any atom is 0.422 e. The van der Waals surface area contributed by atoms with E-state index in [1.165, 1.54) is 10.5 Å². The Morgan fingerprint density at radius 2 is 1.52 bits per heavy atom. The molecule has 0 bridgehead atoms. The van der Waals surface area contributed by atoms with E-state index in [9.17, 15) is 4.79 Å². The summed E-state index contributed by atoms with van der Waals surface area (Å²) >= 11 is 0. The molecule has 142 valence electrons. The minimum Gasteiger partial charge on any atom is -0.443 e. The number of benzene rings is 2. The molecule has 27 heavy (non-hydrogen) atoms. The molecule has 0 aliphatic rings. The van der Waals surface area contributed by atoms with Gasteiger partial charge in [-0.05, 0) is 55.4 Å². The van der Waals surface area contributed by atoms with E-state index in [2.05, 4.69) is 44.9 Å². The van der Waals surface area contributed by atoms with E-state index in [0.717, 1.165) is 11.1 Å². The van der Waals surface area contributed by atoms with Crippen LogP contribution in [-0.4, -0.2) is 16.6 Å². The number of carbonyl (C=O) groups is 1. The van der Waals surface area contributed by atoms with Crippen LogP contribution in [0.5, 0.6) is 0 Å². The van der Waals surface area contributed by atoms with Gasteiger partial charge in [-0.3, -0.25) is 0 Å². The molecule has 2 rings (SSSR count). The lowest BCUT2D eigenvalue weighted by atomic mass is 9.87. The second-order valence-electron chi connectivity index (χ2n) is 8.62. The lowest BCUT2D eigenvalue weighted by Gasteiger charge is -2.23. The minimum atomic E-state index is -0.567. The van der Waals surface area contributed by atoms with Crippen LogP contribution in [0.1, 0.15) is 58.2 Å². The molecule has 3 heteroatoms. The van der Waals surface area contributed by atoms with Gasteiger partial charge in [0.25, 0.3) is 0 Å². The number of ether oxygens (including phenoxy) is 1. The van der Waals surface area contributed by atoms with Crippen LogP contribution in [-0.2, 0) is 16.7 Å². The summed E-state index contributed by atoms with van der Waals surface area (Å²) < 4.78 is 5.51. The molecular weight excluding hydrogens is 334 g/mol. The Morgan fingerprint density at radius 1 is 0.926 bits per heavy atom. The molecule has 0 aliphatic heterocycles. The molecule has 0 saturated heterocycles. The van der Waals surface area contributed by atoms with Crippen LogP contribution in [0.2, 0.25) is 0 Å². The minimum absolute atomic E-state index is 0.0990. The van der Waals surface area contributed by atoms with Gasteiger partial charge in [0.1, 0.15) is 5.60 Å². The molecule has 0 heterocycles. The molecular formula is C24H29NO2. The van der Waals surface area contributed by atoms with E-state index >= 15 is 0 Å². The number of rotatable bonds is 2. The predicted molar refractivity (Wildman–Crippen MR) is 110 cm³/mol. The molecule has 0 aliphatic carbocycles. The van der Waals surface area contributed by atoms with Crippen molar-refractivity contribution in [1.29, 1.82) is 0 Å². The Morgan fingerprint density at radius 3 is 2.04 bits per heavy atom. The first kappa shape index (κ1) is 20.6. The van der Waals surface area contributed by atoms with E-state index in [1.807, 2.05) is 63.2 Å². The van der Waals surface area contributed by atoms with Crippen molar-refractivity contribution >= 4 is 6.09 Å². The Balaban J connectivity index is 2.24. The second-order valence-corrected chi connectivity index (χ2v) is 8.62. The number of hydrogen-bond donors (Lipinski definition) is 0. The summed E-state index contributed by atoms with van der Waals surface area (Å²) in [4.78, 5) is 14.0. The average molecular weight is 364 g/mol.